The number of benzene rings is 1. The van der Waals surface area contributed by atoms with Crippen LogP contribution in [0.2, 0.25) is 0 Å². The van der Waals surface area contributed by atoms with Crippen molar-refractivity contribution in [1.82, 2.24) is 20.0 Å². The van der Waals surface area contributed by atoms with Crippen molar-refractivity contribution in [2.75, 3.05) is 13.7 Å². The Morgan fingerprint density at radius 3 is 2.89 bits per heavy atom. The molecule has 0 radical (unpaired) electrons. The number of para-hydroxylation sites is 1. The highest BCUT2D eigenvalue weighted by molar-refractivity contribution is 5.79. The van der Waals surface area contributed by atoms with E-state index in [1.165, 1.54) is 0 Å². The third kappa shape index (κ3) is 3.53. The van der Waals surface area contributed by atoms with Gasteiger partial charge >= 0.3 is 0 Å². The predicted octanol–water partition coefficient (Wildman–Crippen LogP) is 2.96. The molecule has 1 fully saturated rings. The lowest BCUT2D eigenvalue weighted by Crippen LogP contribution is -2.24. The standard InChI is InChI=1S/C20H20N4O3/c1-13-7-8-14(10-21-13)20-22-19(23-27-20)16-9-18(25)24(12-16)11-15-5-3-4-6-17(15)26-2/h3-8,10,16H,9,11-12H2,1-2H3. The Morgan fingerprint density at radius 1 is 1.26 bits per heavy atom. The number of methoxy groups -OCH3 is 1. The molecule has 1 saturated heterocycles. The number of nitrogens with zero attached hydrogens (tertiary/aromatic N) is 4. The Morgan fingerprint density at radius 2 is 2.11 bits per heavy atom. The molecule has 138 valence electrons. The van der Waals surface area contributed by atoms with Gasteiger partial charge in [0.2, 0.25) is 5.91 Å². The summed E-state index contributed by atoms with van der Waals surface area (Å²) in [4.78, 5) is 23.0. The molecule has 1 unspecified atom stereocenters. The molecular weight excluding hydrogens is 344 g/mol. The van der Waals surface area contributed by atoms with Gasteiger partial charge in [-0.1, -0.05) is 23.4 Å². The van der Waals surface area contributed by atoms with Crippen molar-refractivity contribution in [2.24, 2.45) is 0 Å². The predicted molar refractivity (Wildman–Crippen MR) is 98.0 cm³/mol. The lowest BCUT2D eigenvalue weighted by Gasteiger charge is -2.17. The lowest BCUT2D eigenvalue weighted by atomic mass is 10.1. The Kier molecular flexibility index (Phi) is 4.58. The van der Waals surface area contributed by atoms with Crippen molar-refractivity contribution < 1.29 is 14.1 Å². The van der Waals surface area contributed by atoms with Crippen LogP contribution in [-0.2, 0) is 11.3 Å². The minimum atomic E-state index is -0.0804. The van der Waals surface area contributed by atoms with Crippen LogP contribution >= 0.6 is 0 Å². The summed E-state index contributed by atoms with van der Waals surface area (Å²) in [6.45, 7) is 2.98. The Bertz CT molecular complexity index is 952. The van der Waals surface area contributed by atoms with Gasteiger partial charge in [0.25, 0.3) is 5.89 Å². The number of carbonyl (C=O) groups is 1. The third-order valence-electron chi connectivity index (χ3n) is 4.73. The second-order valence-corrected chi connectivity index (χ2v) is 6.63. The highest BCUT2D eigenvalue weighted by Crippen LogP contribution is 2.30. The number of aryl methyl sites for hydroxylation is 1. The Labute approximate surface area is 157 Å². The lowest BCUT2D eigenvalue weighted by molar-refractivity contribution is -0.128. The summed E-state index contributed by atoms with van der Waals surface area (Å²) in [5.41, 5.74) is 2.68. The van der Waals surface area contributed by atoms with Crippen LogP contribution in [-0.4, -0.2) is 39.6 Å². The maximum Gasteiger partial charge on any atom is 0.259 e. The van der Waals surface area contributed by atoms with Gasteiger partial charge in [0.1, 0.15) is 5.75 Å². The van der Waals surface area contributed by atoms with E-state index in [-0.39, 0.29) is 11.8 Å². The van der Waals surface area contributed by atoms with Crippen molar-refractivity contribution in [3.63, 3.8) is 0 Å². The molecule has 0 saturated carbocycles. The zero-order chi connectivity index (χ0) is 18.8. The number of hydrogen-bond donors (Lipinski definition) is 0. The van der Waals surface area contributed by atoms with E-state index < -0.39 is 0 Å². The quantitative estimate of drug-likeness (QED) is 0.692. The topological polar surface area (TPSA) is 81.3 Å². The summed E-state index contributed by atoms with van der Waals surface area (Å²) >= 11 is 0. The Hall–Kier alpha value is -3.22. The second-order valence-electron chi connectivity index (χ2n) is 6.63. The first kappa shape index (κ1) is 17.2. The van der Waals surface area contributed by atoms with Crippen molar-refractivity contribution in [1.29, 1.82) is 0 Å². The van der Waals surface area contributed by atoms with E-state index in [0.717, 1.165) is 22.6 Å². The number of hydrogen-bond acceptors (Lipinski definition) is 6. The summed E-state index contributed by atoms with van der Waals surface area (Å²) in [7, 11) is 1.63. The third-order valence-corrected chi connectivity index (χ3v) is 4.73. The fourth-order valence-corrected chi connectivity index (χ4v) is 3.25. The molecule has 7 nitrogen and oxygen atoms in total. The zero-order valence-corrected chi connectivity index (χ0v) is 15.3. The first-order valence-electron chi connectivity index (χ1n) is 8.80. The van der Waals surface area contributed by atoms with E-state index >= 15 is 0 Å². The first-order chi connectivity index (χ1) is 13.1. The van der Waals surface area contributed by atoms with Crippen LogP contribution in [0.5, 0.6) is 5.75 Å². The normalized spacial score (nSPS) is 16.7. The number of likely N-dealkylation sites (tertiary alicyclic amines) is 1. The molecule has 27 heavy (non-hydrogen) atoms. The fourth-order valence-electron chi connectivity index (χ4n) is 3.25. The average Bonchev–Trinajstić information content (AvgIpc) is 3.30. The van der Waals surface area contributed by atoms with Crippen LogP contribution in [0.4, 0.5) is 0 Å². The van der Waals surface area contributed by atoms with Crippen molar-refractivity contribution in [2.45, 2.75) is 25.8 Å². The first-order valence-corrected chi connectivity index (χ1v) is 8.80. The molecule has 3 heterocycles. The summed E-state index contributed by atoms with van der Waals surface area (Å²) in [6, 6.07) is 11.5. The summed E-state index contributed by atoms with van der Waals surface area (Å²) in [5, 5.41) is 4.09. The van der Waals surface area contributed by atoms with Gasteiger partial charge in [0.15, 0.2) is 5.82 Å². The van der Waals surface area contributed by atoms with E-state index in [9.17, 15) is 4.79 Å². The van der Waals surface area contributed by atoms with E-state index in [1.807, 2.05) is 48.2 Å². The van der Waals surface area contributed by atoms with Crippen LogP contribution in [0.1, 0.15) is 29.4 Å². The van der Waals surface area contributed by atoms with Gasteiger partial charge in [-0.3, -0.25) is 9.78 Å². The molecule has 7 heteroatoms. The minimum Gasteiger partial charge on any atom is -0.496 e. The van der Waals surface area contributed by atoms with Gasteiger partial charge in [0, 0.05) is 42.9 Å². The number of pyridine rings is 1. The summed E-state index contributed by atoms with van der Waals surface area (Å²) in [5.74, 6) is 1.76. The molecular formula is C20H20N4O3. The molecule has 1 atom stereocenters. The maximum absolute atomic E-state index is 12.5. The van der Waals surface area contributed by atoms with E-state index in [4.69, 9.17) is 9.26 Å². The van der Waals surface area contributed by atoms with Gasteiger partial charge in [-0.2, -0.15) is 4.98 Å². The fraction of sp³-hybridized carbons (Fsp3) is 0.300. The molecule has 2 aromatic heterocycles. The molecule has 0 bridgehead atoms. The molecule has 1 aliphatic rings. The minimum absolute atomic E-state index is 0.0780. The molecule has 0 spiro atoms. The van der Waals surface area contributed by atoms with Crippen molar-refractivity contribution in [3.05, 3.63) is 59.7 Å². The van der Waals surface area contributed by atoms with Gasteiger partial charge in [-0.25, -0.2) is 0 Å². The summed E-state index contributed by atoms with van der Waals surface area (Å²) < 4.78 is 10.8. The zero-order valence-electron chi connectivity index (χ0n) is 15.3. The monoisotopic (exact) mass is 364 g/mol. The number of carbonyl (C=O) groups excluding carboxylic acids is 1. The van der Waals surface area contributed by atoms with Crippen molar-refractivity contribution >= 4 is 5.91 Å². The van der Waals surface area contributed by atoms with Gasteiger partial charge in [-0.05, 0) is 25.1 Å². The molecule has 3 aromatic rings. The highest BCUT2D eigenvalue weighted by atomic mass is 16.5. The van der Waals surface area contributed by atoms with Crippen LogP contribution in [0.15, 0.2) is 47.1 Å². The second kappa shape index (κ2) is 7.19. The molecule has 1 amide bonds. The molecule has 1 aliphatic heterocycles. The average molecular weight is 364 g/mol. The number of amides is 1. The molecule has 0 N–H and O–H groups in total. The highest BCUT2D eigenvalue weighted by Gasteiger charge is 2.34. The molecule has 0 aliphatic carbocycles. The van der Waals surface area contributed by atoms with Crippen LogP contribution in [0.25, 0.3) is 11.5 Å². The van der Waals surface area contributed by atoms with Crippen molar-refractivity contribution in [3.8, 4) is 17.2 Å². The van der Waals surface area contributed by atoms with E-state index in [2.05, 4.69) is 15.1 Å². The van der Waals surface area contributed by atoms with Crippen LogP contribution < -0.4 is 4.74 Å². The van der Waals surface area contributed by atoms with Crippen LogP contribution in [0, 0.1) is 6.92 Å². The van der Waals surface area contributed by atoms with Gasteiger partial charge in [0.05, 0.1) is 12.7 Å². The van der Waals surface area contributed by atoms with Gasteiger partial charge in [-0.15, -0.1) is 0 Å². The van der Waals surface area contributed by atoms with Crippen LogP contribution in [0.3, 0.4) is 0 Å². The number of aromatic nitrogens is 3. The number of rotatable bonds is 5. The number of ether oxygens (including phenoxy) is 1. The van der Waals surface area contributed by atoms with E-state index in [0.29, 0.717) is 31.2 Å². The Balaban J connectivity index is 1.48. The molecule has 1 aromatic carbocycles. The molecule has 4 rings (SSSR count). The maximum atomic E-state index is 12.5. The van der Waals surface area contributed by atoms with Gasteiger partial charge < -0.3 is 14.2 Å². The SMILES string of the molecule is COc1ccccc1CN1CC(c2noc(-c3ccc(C)nc3)n2)CC1=O. The largest absolute Gasteiger partial charge is 0.496 e. The van der Waals surface area contributed by atoms with E-state index in [1.54, 1.807) is 13.3 Å². The summed E-state index contributed by atoms with van der Waals surface area (Å²) in [6.07, 6.45) is 2.08. The smallest absolute Gasteiger partial charge is 0.259 e.